The highest BCUT2D eigenvalue weighted by Gasteiger charge is 2.13. The summed E-state index contributed by atoms with van der Waals surface area (Å²) < 4.78 is 4.61. The Morgan fingerprint density at radius 2 is 2.00 bits per heavy atom. The van der Waals surface area contributed by atoms with Crippen molar-refractivity contribution in [2.24, 2.45) is 5.92 Å². The largest absolute Gasteiger partial charge is 0.469 e. The van der Waals surface area contributed by atoms with E-state index in [-0.39, 0.29) is 17.8 Å². The Hall–Kier alpha value is -1.49. The summed E-state index contributed by atoms with van der Waals surface area (Å²) in [6.45, 7) is 1.79. The minimum Gasteiger partial charge on any atom is -0.469 e. The average molecular weight is 267 g/mol. The third-order valence-corrected chi connectivity index (χ3v) is 3.46. The molecule has 1 rings (SSSR count). The highest BCUT2D eigenvalue weighted by atomic mass is 32.2. The van der Waals surface area contributed by atoms with Crippen LogP contribution in [0.1, 0.15) is 6.92 Å². The summed E-state index contributed by atoms with van der Waals surface area (Å²) in [6, 6.07) is 9.28. The fourth-order valence-electron chi connectivity index (χ4n) is 1.32. The van der Waals surface area contributed by atoms with Crippen LogP contribution < -0.4 is 5.32 Å². The molecular formula is C13H17NO3S. The number of methoxy groups -OCH3 is 1. The molecule has 0 saturated heterocycles. The van der Waals surface area contributed by atoms with Gasteiger partial charge in [0.05, 0.1) is 18.8 Å². The van der Waals surface area contributed by atoms with Crippen LogP contribution in [0.2, 0.25) is 0 Å². The molecule has 0 radical (unpaired) electrons. The minimum atomic E-state index is -0.244. The van der Waals surface area contributed by atoms with Gasteiger partial charge in [0.1, 0.15) is 0 Å². The van der Waals surface area contributed by atoms with E-state index in [4.69, 9.17) is 0 Å². The number of benzene rings is 1. The van der Waals surface area contributed by atoms with Gasteiger partial charge in [-0.2, -0.15) is 11.8 Å². The molecule has 18 heavy (non-hydrogen) atoms. The van der Waals surface area contributed by atoms with Crippen LogP contribution in [0.15, 0.2) is 30.3 Å². The molecular weight excluding hydrogens is 250 g/mol. The molecule has 1 atom stereocenters. The number of hydrogen-bond acceptors (Lipinski definition) is 4. The van der Waals surface area contributed by atoms with Crippen molar-refractivity contribution < 1.29 is 14.3 Å². The van der Waals surface area contributed by atoms with E-state index in [1.165, 1.54) is 18.9 Å². The molecule has 0 aliphatic carbocycles. The molecule has 5 heteroatoms. The maximum atomic E-state index is 11.6. The Kier molecular flexibility index (Phi) is 6.28. The SMILES string of the molecule is COC(=O)C(C)CSCC(=O)Nc1ccccc1. The zero-order valence-electron chi connectivity index (χ0n) is 10.5. The number of hydrogen-bond donors (Lipinski definition) is 1. The first kappa shape index (κ1) is 14.6. The van der Waals surface area contributed by atoms with Crippen molar-refractivity contribution in [2.75, 3.05) is 23.9 Å². The molecule has 0 fully saturated rings. The predicted molar refractivity (Wildman–Crippen MR) is 73.6 cm³/mol. The Morgan fingerprint density at radius 3 is 2.61 bits per heavy atom. The van der Waals surface area contributed by atoms with E-state index in [1.54, 1.807) is 6.92 Å². The van der Waals surface area contributed by atoms with Crippen molar-refractivity contribution in [1.29, 1.82) is 0 Å². The third-order valence-electron chi connectivity index (χ3n) is 2.26. The van der Waals surface area contributed by atoms with Crippen LogP contribution in [0.4, 0.5) is 5.69 Å². The molecule has 0 aliphatic heterocycles. The van der Waals surface area contributed by atoms with E-state index >= 15 is 0 Å². The van der Waals surface area contributed by atoms with Crippen LogP contribution in [-0.4, -0.2) is 30.5 Å². The highest BCUT2D eigenvalue weighted by Crippen LogP contribution is 2.11. The van der Waals surface area contributed by atoms with E-state index < -0.39 is 0 Å². The molecule has 0 saturated carbocycles. The van der Waals surface area contributed by atoms with E-state index in [1.807, 2.05) is 30.3 Å². The number of para-hydroxylation sites is 1. The number of amides is 1. The summed E-state index contributed by atoms with van der Waals surface area (Å²) in [7, 11) is 1.37. The van der Waals surface area contributed by atoms with Gasteiger partial charge in [0.2, 0.25) is 5.91 Å². The first-order chi connectivity index (χ1) is 8.63. The van der Waals surface area contributed by atoms with Crippen molar-refractivity contribution in [1.82, 2.24) is 0 Å². The zero-order chi connectivity index (χ0) is 13.4. The number of esters is 1. The van der Waals surface area contributed by atoms with Gasteiger partial charge in [-0.15, -0.1) is 0 Å². The van der Waals surface area contributed by atoms with E-state index in [2.05, 4.69) is 10.1 Å². The normalized spacial score (nSPS) is 11.7. The summed E-state index contributed by atoms with van der Waals surface area (Å²) in [4.78, 5) is 22.7. The molecule has 1 aromatic carbocycles. The lowest BCUT2D eigenvalue weighted by molar-refractivity contribution is -0.144. The second-order valence-corrected chi connectivity index (χ2v) is 4.88. The fourth-order valence-corrected chi connectivity index (χ4v) is 2.18. The quantitative estimate of drug-likeness (QED) is 0.803. The van der Waals surface area contributed by atoms with Crippen LogP contribution in [0, 0.1) is 5.92 Å². The van der Waals surface area contributed by atoms with Crippen LogP contribution in [0.3, 0.4) is 0 Å². The fraction of sp³-hybridized carbons (Fsp3) is 0.385. The monoisotopic (exact) mass is 267 g/mol. The van der Waals surface area contributed by atoms with Crippen LogP contribution in [0.25, 0.3) is 0 Å². The Bertz CT molecular complexity index is 394. The van der Waals surface area contributed by atoms with Crippen molar-refractivity contribution in [3.63, 3.8) is 0 Å². The van der Waals surface area contributed by atoms with Gasteiger partial charge in [-0.25, -0.2) is 0 Å². The first-order valence-electron chi connectivity index (χ1n) is 5.64. The molecule has 0 aromatic heterocycles. The summed E-state index contributed by atoms with van der Waals surface area (Å²) in [5.41, 5.74) is 0.782. The standard InChI is InChI=1S/C13H17NO3S/c1-10(13(16)17-2)8-18-9-12(15)14-11-6-4-3-5-7-11/h3-7,10H,8-9H2,1-2H3,(H,14,15). The highest BCUT2D eigenvalue weighted by molar-refractivity contribution is 8.00. The minimum absolute atomic E-state index is 0.0664. The lowest BCUT2D eigenvalue weighted by Gasteiger charge is -2.08. The lowest BCUT2D eigenvalue weighted by atomic mass is 10.2. The van der Waals surface area contributed by atoms with E-state index in [0.717, 1.165) is 5.69 Å². The first-order valence-corrected chi connectivity index (χ1v) is 6.79. The van der Waals surface area contributed by atoms with Crippen molar-refractivity contribution in [3.05, 3.63) is 30.3 Å². The third kappa shape index (κ3) is 5.23. The number of anilines is 1. The molecule has 1 amide bonds. The van der Waals surface area contributed by atoms with Gasteiger partial charge in [-0.1, -0.05) is 25.1 Å². The van der Waals surface area contributed by atoms with Crippen molar-refractivity contribution in [2.45, 2.75) is 6.92 Å². The zero-order valence-corrected chi connectivity index (χ0v) is 11.3. The van der Waals surface area contributed by atoms with Gasteiger partial charge in [-0.3, -0.25) is 9.59 Å². The van der Waals surface area contributed by atoms with Gasteiger partial charge in [0, 0.05) is 11.4 Å². The van der Waals surface area contributed by atoms with Gasteiger partial charge in [-0.05, 0) is 12.1 Å². The van der Waals surface area contributed by atoms with Gasteiger partial charge >= 0.3 is 5.97 Å². The second-order valence-electron chi connectivity index (χ2n) is 3.85. The second kappa shape index (κ2) is 7.76. The lowest BCUT2D eigenvalue weighted by Crippen LogP contribution is -2.18. The maximum absolute atomic E-state index is 11.6. The molecule has 1 aromatic rings. The Morgan fingerprint density at radius 1 is 1.33 bits per heavy atom. The maximum Gasteiger partial charge on any atom is 0.309 e. The number of rotatable bonds is 6. The topological polar surface area (TPSA) is 55.4 Å². The molecule has 1 unspecified atom stereocenters. The number of ether oxygens (including phenoxy) is 1. The van der Waals surface area contributed by atoms with Gasteiger partial charge < -0.3 is 10.1 Å². The van der Waals surface area contributed by atoms with Gasteiger partial charge in [0.25, 0.3) is 0 Å². The average Bonchev–Trinajstić information content (AvgIpc) is 2.38. The molecule has 0 heterocycles. The summed E-state index contributed by atoms with van der Waals surface area (Å²) >= 11 is 1.42. The molecule has 98 valence electrons. The Balaban J connectivity index is 2.24. The van der Waals surface area contributed by atoms with Crippen LogP contribution in [-0.2, 0) is 14.3 Å². The van der Waals surface area contributed by atoms with E-state index in [9.17, 15) is 9.59 Å². The molecule has 0 bridgehead atoms. The Labute approximate surface area is 111 Å². The van der Waals surface area contributed by atoms with Crippen LogP contribution in [0.5, 0.6) is 0 Å². The molecule has 0 aliphatic rings. The smallest absolute Gasteiger partial charge is 0.309 e. The number of nitrogens with one attached hydrogen (secondary N) is 1. The summed E-state index contributed by atoms with van der Waals surface area (Å²) in [5, 5.41) is 2.78. The van der Waals surface area contributed by atoms with Crippen molar-refractivity contribution in [3.8, 4) is 0 Å². The predicted octanol–water partition coefficient (Wildman–Crippen LogP) is 2.17. The van der Waals surface area contributed by atoms with Gasteiger partial charge in [0.15, 0.2) is 0 Å². The number of carbonyl (C=O) groups is 2. The number of carbonyl (C=O) groups excluding carboxylic acids is 2. The van der Waals surface area contributed by atoms with Crippen molar-refractivity contribution >= 4 is 29.3 Å². The summed E-state index contributed by atoms with van der Waals surface area (Å²) in [5.74, 6) is 0.407. The summed E-state index contributed by atoms with van der Waals surface area (Å²) in [6.07, 6.45) is 0. The molecule has 4 nitrogen and oxygen atoms in total. The number of thioether (sulfide) groups is 1. The van der Waals surface area contributed by atoms with E-state index in [0.29, 0.717) is 11.5 Å². The molecule has 0 spiro atoms. The molecule has 1 N–H and O–H groups in total. The van der Waals surface area contributed by atoms with Crippen LogP contribution >= 0.6 is 11.8 Å².